The van der Waals surface area contributed by atoms with E-state index >= 15 is 0 Å². The first-order valence-electron chi connectivity index (χ1n) is 6.85. The Hall–Kier alpha value is -0.610. The molecule has 1 amide bonds. The van der Waals surface area contributed by atoms with Crippen molar-refractivity contribution in [1.82, 2.24) is 5.32 Å². The Labute approximate surface area is 103 Å². The van der Waals surface area contributed by atoms with Crippen molar-refractivity contribution in [2.45, 2.75) is 63.0 Å². The Kier molecular flexibility index (Phi) is 4.05. The third-order valence-corrected chi connectivity index (χ3v) is 4.25. The molecule has 4 heteroatoms. The first kappa shape index (κ1) is 12.8. The van der Waals surface area contributed by atoms with Crippen molar-refractivity contribution in [3.8, 4) is 0 Å². The molecule has 0 radical (unpaired) electrons. The zero-order chi connectivity index (χ0) is 12.3. The number of carbonyl (C=O) groups excluding carboxylic acids is 1. The summed E-state index contributed by atoms with van der Waals surface area (Å²) in [5.74, 6) is 0.433. The van der Waals surface area contributed by atoms with Crippen LogP contribution in [0.4, 0.5) is 0 Å². The molecule has 0 bridgehead atoms. The molecule has 0 saturated heterocycles. The zero-order valence-electron chi connectivity index (χ0n) is 10.5. The molecule has 0 heterocycles. The van der Waals surface area contributed by atoms with Gasteiger partial charge in [-0.1, -0.05) is 19.3 Å². The Morgan fingerprint density at radius 3 is 2.65 bits per heavy atom. The molecule has 17 heavy (non-hydrogen) atoms. The summed E-state index contributed by atoms with van der Waals surface area (Å²) in [6, 6.07) is 0. The second-order valence-electron chi connectivity index (χ2n) is 5.76. The number of nitrogens with two attached hydrogens (primary N) is 1. The van der Waals surface area contributed by atoms with Gasteiger partial charge in [0.25, 0.3) is 0 Å². The molecule has 4 nitrogen and oxygen atoms in total. The van der Waals surface area contributed by atoms with Crippen LogP contribution in [-0.2, 0) is 4.79 Å². The Morgan fingerprint density at radius 1 is 1.29 bits per heavy atom. The van der Waals surface area contributed by atoms with Crippen LogP contribution in [0, 0.1) is 5.92 Å². The van der Waals surface area contributed by atoms with Gasteiger partial charge >= 0.3 is 0 Å². The minimum Gasteiger partial charge on any atom is -0.393 e. The van der Waals surface area contributed by atoms with Crippen LogP contribution in [0.5, 0.6) is 0 Å². The second kappa shape index (κ2) is 5.36. The fourth-order valence-corrected chi connectivity index (χ4v) is 3.09. The van der Waals surface area contributed by atoms with Gasteiger partial charge in [0, 0.05) is 6.54 Å². The molecular weight excluding hydrogens is 216 g/mol. The lowest BCUT2D eigenvalue weighted by atomic mass is 9.87. The van der Waals surface area contributed by atoms with Gasteiger partial charge in [0.05, 0.1) is 11.6 Å². The highest BCUT2D eigenvalue weighted by Crippen LogP contribution is 2.28. The van der Waals surface area contributed by atoms with Gasteiger partial charge in [0.1, 0.15) is 0 Å². The quantitative estimate of drug-likeness (QED) is 0.687. The van der Waals surface area contributed by atoms with Gasteiger partial charge in [-0.3, -0.25) is 4.79 Å². The summed E-state index contributed by atoms with van der Waals surface area (Å²) in [6.45, 7) is 0.675. The fourth-order valence-electron chi connectivity index (χ4n) is 3.09. The number of aliphatic hydroxyl groups excluding tert-OH is 1. The molecule has 2 saturated carbocycles. The van der Waals surface area contributed by atoms with Gasteiger partial charge < -0.3 is 16.2 Å². The number of amides is 1. The summed E-state index contributed by atoms with van der Waals surface area (Å²) in [4.78, 5) is 12.0. The van der Waals surface area contributed by atoms with E-state index in [-0.39, 0.29) is 12.0 Å². The molecule has 2 aliphatic carbocycles. The van der Waals surface area contributed by atoms with E-state index in [1.807, 2.05) is 0 Å². The predicted molar refractivity (Wildman–Crippen MR) is 66.4 cm³/mol. The monoisotopic (exact) mass is 240 g/mol. The lowest BCUT2D eigenvalue weighted by Crippen LogP contribution is -2.52. The van der Waals surface area contributed by atoms with Gasteiger partial charge in [-0.05, 0) is 38.0 Å². The molecule has 2 fully saturated rings. The lowest BCUT2D eigenvalue weighted by molar-refractivity contribution is -0.126. The highest BCUT2D eigenvalue weighted by molar-refractivity contribution is 5.86. The summed E-state index contributed by atoms with van der Waals surface area (Å²) < 4.78 is 0. The largest absolute Gasteiger partial charge is 0.393 e. The third kappa shape index (κ3) is 3.19. The van der Waals surface area contributed by atoms with Crippen LogP contribution in [-0.4, -0.2) is 29.2 Å². The number of aliphatic hydroxyl groups is 1. The van der Waals surface area contributed by atoms with E-state index < -0.39 is 5.54 Å². The number of hydrogen-bond donors (Lipinski definition) is 3. The standard InChI is InChI=1S/C13H24N2O2/c14-13(6-1-2-7-13)12(17)15-9-10-4-3-5-11(16)8-10/h10-11,16H,1-9,14H2,(H,15,17). The molecule has 2 rings (SSSR count). The Morgan fingerprint density at radius 2 is 2.00 bits per heavy atom. The van der Waals surface area contributed by atoms with Crippen LogP contribution in [0.1, 0.15) is 51.4 Å². The summed E-state index contributed by atoms with van der Waals surface area (Å²) in [7, 11) is 0. The van der Waals surface area contributed by atoms with Crippen molar-refractivity contribution in [2.24, 2.45) is 11.7 Å². The molecule has 0 aliphatic heterocycles. The molecule has 0 aromatic carbocycles. The van der Waals surface area contributed by atoms with Crippen molar-refractivity contribution in [2.75, 3.05) is 6.54 Å². The van der Waals surface area contributed by atoms with Crippen molar-refractivity contribution < 1.29 is 9.90 Å². The molecule has 4 N–H and O–H groups in total. The van der Waals surface area contributed by atoms with Crippen molar-refractivity contribution in [3.05, 3.63) is 0 Å². The molecule has 2 aliphatic rings. The highest BCUT2D eigenvalue weighted by atomic mass is 16.3. The predicted octanol–water partition coefficient (Wildman–Crippen LogP) is 0.925. The van der Waals surface area contributed by atoms with E-state index in [1.165, 1.54) is 0 Å². The van der Waals surface area contributed by atoms with Gasteiger partial charge in [-0.2, -0.15) is 0 Å². The lowest BCUT2D eigenvalue weighted by Gasteiger charge is -2.28. The van der Waals surface area contributed by atoms with Crippen LogP contribution in [0.3, 0.4) is 0 Å². The minimum atomic E-state index is -0.618. The molecule has 0 aromatic rings. The average molecular weight is 240 g/mol. The molecule has 2 atom stereocenters. The maximum atomic E-state index is 12.0. The van der Waals surface area contributed by atoms with Crippen LogP contribution < -0.4 is 11.1 Å². The number of hydrogen-bond acceptors (Lipinski definition) is 3. The summed E-state index contributed by atoms with van der Waals surface area (Å²) in [5, 5.41) is 12.5. The number of rotatable bonds is 3. The molecule has 0 aromatic heterocycles. The van der Waals surface area contributed by atoms with Crippen LogP contribution in [0.25, 0.3) is 0 Å². The first-order chi connectivity index (χ1) is 8.10. The third-order valence-electron chi connectivity index (χ3n) is 4.25. The first-order valence-corrected chi connectivity index (χ1v) is 6.85. The van der Waals surface area contributed by atoms with Crippen molar-refractivity contribution in [1.29, 1.82) is 0 Å². The summed E-state index contributed by atoms with van der Waals surface area (Å²) >= 11 is 0. The van der Waals surface area contributed by atoms with Gasteiger partial charge in [-0.15, -0.1) is 0 Å². The number of nitrogens with one attached hydrogen (secondary N) is 1. The molecule has 2 unspecified atom stereocenters. The van der Waals surface area contributed by atoms with Gasteiger partial charge in [0.2, 0.25) is 5.91 Å². The van der Waals surface area contributed by atoms with Crippen LogP contribution >= 0.6 is 0 Å². The topological polar surface area (TPSA) is 75.4 Å². The molecule has 98 valence electrons. The number of carbonyl (C=O) groups is 1. The summed E-state index contributed by atoms with van der Waals surface area (Å²) in [6.07, 6.45) is 7.47. The zero-order valence-corrected chi connectivity index (χ0v) is 10.5. The maximum Gasteiger partial charge on any atom is 0.240 e. The van der Waals surface area contributed by atoms with E-state index in [9.17, 15) is 9.90 Å². The SMILES string of the molecule is NC1(C(=O)NCC2CCCC(O)C2)CCCC1. The molecular formula is C13H24N2O2. The second-order valence-corrected chi connectivity index (χ2v) is 5.76. The van der Waals surface area contributed by atoms with Gasteiger partial charge in [-0.25, -0.2) is 0 Å². The Balaban J connectivity index is 1.75. The normalized spacial score (nSPS) is 32.4. The van der Waals surface area contributed by atoms with Gasteiger partial charge in [0.15, 0.2) is 0 Å². The minimum absolute atomic E-state index is 0.00932. The van der Waals surface area contributed by atoms with E-state index in [4.69, 9.17) is 5.73 Å². The Bertz CT molecular complexity index is 275. The van der Waals surface area contributed by atoms with Crippen LogP contribution in [0.2, 0.25) is 0 Å². The smallest absolute Gasteiger partial charge is 0.240 e. The molecule has 0 spiro atoms. The van der Waals surface area contributed by atoms with E-state index in [2.05, 4.69) is 5.32 Å². The van der Waals surface area contributed by atoms with Crippen molar-refractivity contribution >= 4 is 5.91 Å². The van der Waals surface area contributed by atoms with Crippen LogP contribution in [0.15, 0.2) is 0 Å². The highest BCUT2D eigenvalue weighted by Gasteiger charge is 2.37. The average Bonchev–Trinajstić information content (AvgIpc) is 2.74. The van der Waals surface area contributed by atoms with E-state index in [0.717, 1.165) is 51.4 Å². The maximum absolute atomic E-state index is 12.0. The van der Waals surface area contributed by atoms with Crippen molar-refractivity contribution in [3.63, 3.8) is 0 Å². The summed E-state index contributed by atoms with van der Waals surface area (Å²) in [5.41, 5.74) is 5.47. The fraction of sp³-hybridized carbons (Fsp3) is 0.923. The van der Waals surface area contributed by atoms with E-state index in [1.54, 1.807) is 0 Å². The van der Waals surface area contributed by atoms with E-state index in [0.29, 0.717) is 12.5 Å².